The van der Waals surface area contributed by atoms with Gasteiger partial charge in [-0.3, -0.25) is 14.7 Å². The maximum Gasteiger partial charge on any atom is 0.310 e. The van der Waals surface area contributed by atoms with Gasteiger partial charge in [0.2, 0.25) is 0 Å². The number of esters is 1. The molecule has 0 spiro atoms. The normalized spacial score (nSPS) is 24.8. The smallest absolute Gasteiger partial charge is 0.310 e. The Morgan fingerprint density at radius 2 is 2.00 bits per heavy atom. The molecule has 1 N–H and O–H groups in total. The van der Waals surface area contributed by atoms with Crippen LogP contribution in [-0.2, 0) is 19.4 Å². The molecule has 25 heavy (non-hydrogen) atoms. The lowest BCUT2D eigenvalue weighted by molar-refractivity contribution is -0.149. The minimum absolute atomic E-state index is 0.0976. The molecule has 0 aromatic heterocycles. The van der Waals surface area contributed by atoms with E-state index in [0.717, 1.165) is 31.9 Å². The van der Waals surface area contributed by atoms with Crippen molar-refractivity contribution in [3.05, 3.63) is 0 Å². The first-order chi connectivity index (χ1) is 11.9. The highest BCUT2D eigenvalue weighted by Gasteiger charge is 2.28. The average molecular weight is 375 g/mol. The number of likely N-dealkylation sites (tertiary alicyclic amines) is 1. The third kappa shape index (κ3) is 6.14. The lowest BCUT2D eigenvalue weighted by Crippen LogP contribution is -2.50. The molecule has 1 unspecified atom stereocenters. The molecule has 2 aliphatic heterocycles. The van der Waals surface area contributed by atoms with Crippen LogP contribution in [0.2, 0.25) is 0 Å². The highest BCUT2D eigenvalue weighted by molar-refractivity contribution is 7.91. The Labute approximate surface area is 150 Å². The fourth-order valence-corrected chi connectivity index (χ4v) is 4.53. The summed E-state index contributed by atoms with van der Waals surface area (Å²) >= 11 is 0. The van der Waals surface area contributed by atoms with Gasteiger partial charge in [0.1, 0.15) is 0 Å². The van der Waals surface area contributed by atoms with Gasteiger partial charge in [-0.1, -0.05) is 0 Å². The molecule has 0 bridgehead atoms. The van der Waals surface area contributed by atoms with Crippen LogP contribution in [0, 0.1) is 5.92 Å². The number of nitrogens with zero attached hydrogens (tertiary/aromatic N) is 3. The highest BCUT2D eigenvalue weighted by atomic mass is 32.2. The van der Waals surface area contributed by atoms with E-state index >= 15 is 0 Å². The van der Waals surface area contributed by atoms with Crippen LogP contribution >= 0.6 is 0 Å². The van der Waals surface area contributed by atoms with Gasteiger partial charge in [0.05, 0.1) is 24.0 Å². The summed E-state index contributed by atoms with van der Waals surface area (Å²) in [6.07, 6.45) is 1.79. The van der Waals surface area contributed by atoms with E-state index in [-0.39, 0.29) is 23.4 Å². The van der Waals surface area contributed by atoms with Crippen LogP contribution in [0.5, 0.6) is 0 Å². The molecular formula is C16H30N4O4S. The summed E-state index contributed by atoms with van der Waals surface area (Å²) in [6.45, 7) is 6.40. The summed E-state index contributed by atoms with van der Waals surface area (Å²) < 4.78 is 28.1. The summed E-state index contributed by atoms with van der Waals surface area (Å²) in [5.74, 6) is 1.06. The lowest BCUT2D eigenvalue weighted by atomic mass is 9.98. The quantitative estimate of drug-likeness (QED) is 0.396. The van der Waals surface area contributed by atoms with Crippen molar-refractivity contribution in [2.45, 2.75) is 19.8 Å². The highest BCUT2D eigenvalue weighted by Crippen LogP contribution is 2.18. The van der Waals surface area contributed by atoms with E-state index in [9.17, 15) is 13.2 Å². The molecule has 2 heterocycles. The summed E-state index contributed by atoms with van der Waals surface area (Å²) in [5.41, 5.74) is 0. The van der Waals surface area contributed by atoms with Crippen LogP contribution in [0.15, 0.2) is 4.99 Å². The van der Waals surface area contributed by atoms with Crippen molar-refractivity contribution in [2.24, 2.45) is 10.9 Å². The van der Waals surface area contributed by atoms with Crippen molar-refractivity contribution in [1.82, 2.24) is 15.1 Å². The number of carbonyl (C=O) groups is 1. The van der Waals surface area contributed by atoms with Crippen LogP contribution in [0.3, 0.4) is 0 Å². The first kappa shape index (κ1) is 20.0. The number of rotatable bonds is 5. The Bertz CT molecular complexity index is 565. The number of hydrogen-bond acceptors (Lipinski definition) is 6. The molecule has 2 rings (SSSR count). The zero-order valence-corrected chi connectivity index (χ0v) is 16.1. The van der Waals surface area contributed by atoms with E-state index in [2.05, 4.69) is 20.1 Å². The first-order valence-electron chi connectivity index (χ1n) is 9.00. The first-order valence-corrected chi connectivity index (χ1v) is 10.8. The lowest BCUT2D eigenvalue weighted by Gasteiger charge is -2.34. The standard InChI is InChI=1S/C16H30N4O4S/c1-3-24-15(21)14-5-4-7-20(13-14)16(17-2)18-6-8-19-9-11-25(22,23)12-10-19/h14H,3-13H2,1-2H3,(H,17,18). The molecule has 2 fully saturated rings. The second-order valence-corrected chi connectivity index (χ2v) is 8.81. The van der Waals surface area contributed by atoms with Crippen LogP contribution in [0.4, 0.5) is 0 Å². The SMILES string of the molecule is CCOC(=O)C1CCCN(C(=NC)NCCN2CCS(=O)(=O)CC2)C1. The van der Waals surface area contributed by atoms with E-state index in [1.54, 1.807) is 7.05 Å². The van der Waals surface area contributed by atoms with Crippen LogP contribution < -0.4 is 5.32 Å². The molecule has 2 aliphatic rings. The largest absolute Gasteiger partial charge is 0.466 e. The molecule has 2 saturated heterocycles. The average Bonchev–Trinajstić information content (AvgIpc) is 2.60. The molecular weight excluding hydrogens is 344 g/mol. The van der Waals surface area contributed by atoms with Crippen LogP contribution in [-0.4, -0.2) is 94.6 Å². The number of piperidine rings is 1. The van der Waals surface area contributed by atoms with Crippen LogP contribution in [0.25, 0.3) is 0 Å². The van der Waals surface area contributed by atoms with E-state index in [4.69, 9.17) is 4.74 Å². The monoisotopic (exact) mass is 374 g/mol. The van der Waals surface area contributed by atoms with Crippen molar-refractivity contribution in [3.63, 3.8) is 0 Å². The van der Waals surface area contributed by atoms with E-state index in [0.29, 0.717) is 32.8 Å². The Morgan fingerprint density at radius 3 is 2.64 bits per heavy atom. The second kappa shape index (κ2) is 9.38. The van der Waals surface area contributed by atoms with Gasteiger partial charge in [-0.2, -0.15) is 0 Å². The van der Waals surface area contributed by atoms with Gasteiger partial charge < -0.3 is 15.0 Å². The molecule has 0 aliphatic carbocycles. The number of aliphatic imine (C=N–C) groups is 1. The van der Waals surface area contributed by atoms with Gasteiger partial charge in [-0.25, -0.2) is 8.42 Å². The number of hydrogen-bond donors (Lipinski definition) is 1. The number of ether oxygens (including phenoxy) is 1. The molecule has 0 radical (unpaired) electrons. The maximum absolute atomic E-state index is 12.0. The number of carbonyl (C=O) groups excluding carboxylic acids is 1. The molecule has 0 aromatic carbocycles. The van der Waals surface area contributed by atoms with Crippen molar-refractivity contribution in [2.75, 3.05) is 64.4 Å². The van der Waals surface area contributed by atoms with Gasteiger partial charge in [0.15, 0.2) is 15.8 Å². The molecule has 8 nitrogen and oxygen atoms in total. The summed E-state index contributed by atoms with van der Waals surface area (Å²) in [7, 11) is -1.10. The summed E-state index contributed by atoms with van der Waals surface area (Å²) in [5, 5.41) is 3.33. The minimum atomic E-state index is -2.84. The van der Waals surface area contributed by atoms with Gasteiger partial charge >= 0.3 is 5.97 Å². The molecule has 9 heteroatoms. The van der Waals surface area contributed by atoms with Crippen molar-refractivity contribution in [1.29, 1.82) is 0 Å². The number of guanidine groups is 1. The number of nitrogens with one attached hydrogen (secondary N) is 1. The summed E-state index contributed by atoms with van der Waals surface area (Å²) in [6, 6.07) is 0. The third-order valence-electron chi connectivity index (χ3n) is 4.70. The fourth-order valence-electron chi connectivity index (χ4n) is 3.25. The summed E-state index contributed by atoms with van der Waals surface area (Å²) in [4.78, 5) is 20.5. The van der Waals surface area contributed by atoms with E-state index in [1.807, 2.05) is 6.92 Å². The molecule has 1 atom stereocenters. The van der Waals surface area contributed by atoms with Gasteiger partial charge in [-0.05, 0) is 19.8 Å². The molecule has 0 aromatic rings. The fraction of sp³-hybridized carbons (Fsp3) is 0.875. The number of sulfone groups is 1. The zero-order valence-electron chi connectivity index (χ0n) is 15.2. The van der Waals surface area contributed by atoms with Gasteiger partial charge in [0, 0.05) is 46.3 Å². The predicted molar refractivity (Wildman–Crippen MR) is 97.4 cm³/mol. The van der Waals surface area contributed by atoms with Gasteiger partial charge in [0.25, 0.3) is 0 Å². The van der Waals surface area contributed by atoms with Crippen molar-refractivity contribution < 1.29 is 17.9 Å². The second-order valence-electron chi connectivity index (χ2n) is 6.50. The topological polar surface area (TPSA) is 91.3 Å². The van der Waals surface area contributed by atoms with Crippen LogP contribution in [0.1, 0.15) is 19.8 Å². The zero-order chi connectivity index (χ0) is 18.3. The Morgan fingerprint density at radius 1 is 1.28 bits per heavy atom. The molecule has 0 saturated carbocycles. The Hall–Kier alpha value is -1.35. The minimum Gasteiger partial charge on any atom is -0.466 e. The Kier molecular flexibility index (Phi) is 7.49. The molecule has 144 valence electrons. The predicted octanol–water partition coefficient (Wildman–Crippen LogP) is -0.433. The van der Waals surface area contributed by atoms with Crippen molar-refractivity contribution in [3.8, 4) is 0 Å². The van der Waals surface area contributed by atoms with Gasteiger partial charge in [-0.15, -0.1) is 0 Å². The van der Waals surface area contributed by atoms with E-state index < -0.39 is 9.84 Å². The van der Waals surface area contributed by atoms with Crippen molar-refractivity contribution >= 4 is 21.8 Å². The maximum atomic E-state index is 12.0. The third-order valence-corrected chi connectivity index (χ3v) is 6.31. The Balaban J connectivity index is 1.77. The molecule has 0 amide bonds. The van der Waals surface area contributed by atoms with E-state index in [1.165, 1.54) is 0 Å².